The molecule has 0 aliphatic rings. The van der Waals surface area contributed by atoms with Gasteiger partial charge in [-0.2, -0.15) is 0 Å². The minimum Gasteiger partial charge on any atom is -0.347 e. The fraction of sp³-hybridized carbons (Fsp3) is 0.286. The molecule has 28 heavy (non-hydrogen) atoms. The number of nitrogens with zero attached hydrogens (tertiary/aromatic N) is 2. The first-order valence-electron chi connectivity index (χ1n) is 9.31. The number of aromatic nitrogens is 3. The number of hydrogen-bond acceptors (Lipinski definition) is 4. The molecule has 2 N–H and O–H groups in total. The van der Waals surface area contributed by atoms with E-state index in [1.807, 2.05) is 18.2 Å². The molecule has 0 aliphatic carbocycles. The summed E-state index contributed by atoms with van der Waals surface area (Å²) in [5.74, 6) is 0.412. The molecule has 4 rings (SSSR count). The van der Waals surface area contributed by atoms with Gasteiger partial charge in [0.1, 0.15) is 4.83 Å². The summed E-state index contributed by atoms with van der Waals surface area (Å²) in [7, 11) is 0. The molecular formula is C21H22N4O2S. The highest BCUT2D eigenvalue weighted by atomic mass is 32.1. The van der Waals surface area contributed by atoms with Gasteiger partial charge >= 0.3 is 0 Å². The van der Waals surface area contributed by atoms with Crippen molar-refractivity contribution in [3.05, 3.63) is 57.6 Å². The van der Waals surface area contributed by atoms with Crippen LogP contribution in [-0.2, 0) is 6.54 Å². The number of benzene rings is 1. The van der Waals surface area contributed by atoms with Crippen LogP contribution in [0.2, 0.25) is 0 Å². The van der Waals surface area contributed by atoms with E-state index in [1.165, 1.54) is 17.7 Å². The molecule has 7 heteroatoms. The average Bonchev–Trinajstić information content (AvgIpc) is 3.22. The number of amides is 1. The molecule has 0 atom stereocenters. The molecule has 144 valence electrons. The Labute approximate surface area is 166 Å². The lowest BCUT2D eigenvalue weighted by Crippen LogP contribution is -2.12. The normalized spacial score (nSPS) is 11.6. The highest BCUT2D eigenvalue weighted by molar-refractivity contribution is 7.20. The fourth-order valence-electron chi connectivity index (χ4n) is 3.40. The van der Waals surface area contributed by atoms with Crippen molar-refractivity contribution < 1.29 is 4.79 Å². The highest BCUT2D eigenvalue weighted by Crippen LogP contribution is 2.29. The molecule has 0 aliphatic heterocycles. The lowest BCUT2D eigenvalue weighted by Gasteiger charge is -2.10. The van der Waals surface area contributed by atoms with Crippen molar-refractivity contribution in [3.63, 3.8) is 0 Å². The van der Waals surface area contributed by atoms with Gasteiger partial charge in [-0.15, -0.1) is 11.3 Å². The van der Waals surface area contributed by atoms with Gasteiger partial charge in [-0.25, -0.2) is 4.98 Å². The molecular weight excluding hydrogens is 372 g/mol. The predicted octanol–water partition coefficient (Wildman–Crippen LogP) is 4.55. The van der Waals surface area contributed by atoms with Gasteiger partial charge in [-0.1, -0.05) is 19.9 Å². The zero-order valence-corrected chi connectivity index (χ0v) is 16.9. The molecule has 0 unspecified atom stereocenters. The summed E-state index contributed by atoms with van der Waals surface area (Å²) in [6.07, 6.45) is 4.53. The number of aromatic amines is 1. The predicted molar refractivity (Wildman–Crippen MR) is 114 cm³/mol. The van der Waals surface area contributed by atoms with Crippen molar-refractivity contribution >= 4 is 44.1 Å². The number of anilines is 1. The summed E-state index contributed by atoms with van der Waals surface area (Å²) in [5, 5.41) is 4.51. The van der Waals surface area contributed by atoms with Gasteiger partial charge in [-0.05, 0) is 43.0 Å². The van der Waals surface area contributed by atoms with Crippen LogP contribution in [0.4, 0.5) is 5.69 Å². The van der Waals surface area contributed by atoms with Crippen LogP contribution in [-0.4, -0.2) is 20.4 Å². The molecule has 0 fully saturated rings. The molecule has 4 aromatic rings. The molecule has 0 radical (unpaired) electrons. The van der Waals surface area contributed by atoms with E-state index >= 15 is 0 Å². The quantitative estimate of drug-likeness (QED) is 0.521. The van der Waals surface area contributed by atoms with Crippen LogP contribution in [0.5, 0.6) is 0 Å². The van der Waals surface area contributed by atoms with Crippen molar-refractivity contribution in [1.29, 1.82) is 0 Å². The minimum atomic E-state index is -0.220. The number of carbonyl (C=O) groups is 1. The Morgan fingerprint density at radius 1 is 1.32 bits per heavy atom. The topological polar surface area (TPSA) is 79.8 Å². The average molecular weight is 395 g/mol. The Kier molecular flexibility index (Phi) is 4.77. The van der Waals surface area contributed by atoms with Crippen LogP contribution < -0.4 is 10.9 Å². The van der Waals surface area contributed by atoms with Crippen molar-refractivity contribution in [2.75, 3.05) is 5.32 Å². The molecule has 0 bridgehead atoms. The molecule has 6 nitrogen and oxygen atoms in total. The van der Waals surface area contributed by atoms with Crippen molar-refractivity contribution in [1.82, 2.24) is 14.5 Å². The van der Waals surface area contributed by atoms with Gasteiger partial charge in [0.15, 0.2) is 0 Å². The molecule has 0 spiro atoms. The van der Waals surface area contributed by atoms with E-state index in [0.717, 1.165) is 29.6 Å². The van der Waals surface area contributed by atoms with Gasteiger partial charge in [-0.3, -0.25) is 9.59 Å². The zero-order chi connectivity index (χ0) is 19.8. The summed E-state index contributed by atoms with van der Waals surface area (Å²) in [4.78, 5) is 32.8. The Morgan fingerprint density at radius 3 is 2.89 bits per heavy atom. The van der Waals surface area contributed by atoms with E-state index in [9.17, 15) is 9.59 Å². The minimum absolute atomic E-state index is 0.220. The second-order valence-corrected chi connectivity index (χ2v) is 8.35. The summed E-state index contributed by atoms with van der Waals surface area (Å²) in [5.41, 5.74) is 2.31. The highest BCUT2D eigenvalue weighted by Gasteiger charge is 2.19. The van der Waals surface area contributed by atoms with Crippen LogP contribution in [0.25, 0.3) is 21.1 Å². The van der Waals surface area contributed by atoms with E-state index in [-0.39, 0.29) is 11.5 Å². The third-order valence-corrected chi connectivity index (χ3v) is 6.15. The first-order chi connectivity index (χ1) is 13.5. The van der Waals surface area contributed by atoms with Crippen molar-refractivity contribution in [2.24, 2.45) is 5.92 Å². The lowest BCUT2D eigenvalue weighted by molar-refractivity contribution is 0.103. The number of aryl methyl sites for hydroxylation is 2. The summed E-state index contributed by atoms with van der Waals surface area (Å²) >= 11 is 1.24. The van der Waals surface area contributed by atoms with Crippen LogP contribution >= 0.6 is 11.3 Å². The van der Waals surface area contributed by atoms with E-state index in [4.69, 9.17) is 0 Å². The second kappa shape index (κ2) is 7.24. The third-order valence-electron chi connectivity index (χ3n) is 4.95. The standard InChI is InChI=1S/C21H22N4O2S/c1-12(2)7-9-25-10-8-14-15(5-4-6-16(14)25)24-20(27)18-13(3)17-19(26)22-11-23-21(17)28-18/h4-6,8,10-12H,7,9H2,1-3H3,(H,24,27)(H,22,23,26). The van der Waals surface area contributed by atoms with Gasteiger partial charge in [0, 0.05) is 18.1 Å². The Hall–Kier alpha value is -2.93. The Morgan fingerprint density at radius 2 is 2.14 bits per heavy atom. The second-order valence-electron chi connectivity index (χ2n) is 7.35. The maximum atomic E-state index is 12.9. The number of carbonyl (C=O) groups excluding carboxylic acids is 1. The number of nitrogens with one attached hydrogen (secondary N) is 2. The van der Waals surface area contributed by atoms with E-state index in [2.05, 4.69) is 46.0 Å². The van der Waals surface area contributed by atoms with E-state index in [0.29, 0.717) is 26.6 Å². The SMILES string of the molecule is Cc1c(C(=O)Nc2cccc3c2ccn3CCC(C)C)sc2nc[nH]c(=O)c12. The Bertz CT molecular complexity index is 1230. The molecule has 1 amide bonds. The maximum absolute atomic E-state index is 12.9. The number of hydrogen-bond donors (Lipinski definition) is 2. The summed E-state index contributed by atoms with van der Waals surface area (Å²) < 4.78 is 2.22. The van der Waals surface area contributed by atoms with Gasteiger partial charge < -0.3 is 14.9 Å². The van der Waals surface area contributed by atoms with Crippen LogP contribution in [0.1, 0.15) is 35.5 Å². The monoisotopic (exact) mass is 394 g/mol. The van der Waals surface area contributed by atoms with Gasteiger partial charge in [0.25, 0.3) is 11.5 Å². The smallest absolute Gasteiger partial charge is 0.266 e. The number of fused-ring (bicyclic) bond motifs is 2. The lowest BCUT2D eigenvalue weighted by atomic mass is 10.1. The number of H-pyrrole nitrogens is 1. The third kappa shape index (κ3) is 3.22. The first kappa shape index (κ1) is 18.4. The van der Waals surface area contributed by atoms with Crippen LogP contribution in [0.15, 0.2) is 41.6 Å². The molecule has 3 heterocycles. The van der Waals surface area contributed by atoms with Gasteiger partial charge in [0.05, 0.1) is 27.8 Å². The summed E-state index contributed by atoms with van der Waals surface area (Å²) in [6.45, 7) is 7.16. The van der Waals surface area contributed by atoms with E-state index in [1.54, 1.807) is 6.92 Å². The van der Waals surface area contributed by atoms with E-state index < -0.39 is 0 Å². The molecule has 1 aromatic carbocycles. The van der Waals surface area contributed by atoms with Crippen LogP contribution in [0, 0.1) is 12.8 Å². The number of thiophene rings is 1. The molecule has 3 aromatic heterocycles. The Balaban J connectivity index is 1.67. The largest absolute Gasteiger partial charge is 0.347 e. The first-order valence-corrected chi connectivity index (χ1v) is 10.1. The maximum Gasteiger partial charge on any atom is 0.266 e. The molecule has 0 saturated carbocycles. The van der Waals surface area contributed by atoms with Gasteiger partial charge in [0.2, 0.25) is 0 Å². The van der Waals surface area contributed by atoms with Crippen molar-refractivity contribution in [3.8, 4) is 0 Å². The van der Waals surface area contributed by atoms with Crippen LogP contribution in [0.3, 0.4) is 0 Å². The molecule has 0 saturated heterocycles. The summed E-state index contributed by atoms with van der Waals surface area (Å²) in [6, 6.07) is 7.96. The fourth-order valence-corrected chi connectivity index (χ4v) is 4.44. The zero-order valence-electron chi connectivity index (χ0n) is 16.1. The van der Waals surface area contributed by atoms with Crippen molar-refractivity contribution in [2.45, 2.75) is 33.7 Å². The number of rotatable bonds is 5.